The zero-order valence-corrected chi connectivity index (χ0v) is 31.8. The van der Waals surface area contributed by atoms with Crippen molar-refractivity contribution in [2.24, 2.45) is 0 Å². The average Bonchev–Trinajstić information content (AvgIpc) is 3.70. The van der Waals surface area contributed by atoms with Crippen LogP contribution in [0.4, 0.5) is 0 Å². The van der Waals surface area contributed by atoms with Gasteiger partial charge in [-0.05, 0) is 95.7 Å². The van der Waals surface area contributed by atoms with Crippen molar-refractivity contribution in [3.8, 4) is 56.4 Å². The third-order valence-corrected chi connectivity index (χ3v) is 11.7. The van der Waals surface area contributed by atoms with Crippen LogP contribution >= 0.6 is 0 Å². The molecule has 12 aromatic rings. The molecule has 4 heteroatoms. The molecule has 0 aliphatic heterocycles. The third-order valence-electron chi connectivity index (χ3n) is 11.7. The number of furan rings is 1. The summed E-state index contributed by atoms with van der Waals surface area (Å²) in [6.45, 7) is 0. The van der Waals surface area contributed by atoms with Crippen molar-refractivity contribution in [1.29, 1.82) is 0 Å². The maximum atomic E-state index is 6.52. The molecule has 0 saturated heterocycles. The Bertz CT molecular complexity index is 3620. The fourth-order valence-corrected chi connectivity index (χ4v) is 8.86. The molecule has 0 saturated carbocycles. The average molecular weight is 752 g/mol. The topological polar surface area (TPSA) is 51.8 Å². The van der Waals surface area contributed by atoms with Gasteiger partial charge in [-0.1, -0.05) is 170 Å². The van der Waals surface area contributed by atoms with Crippen LogP contribution in [0.2, 0.25) is 0 Å². The van der Waals surface area contributed by atoms with Crippen LogP contribution < -0.4 is 0 Å². The van der Waals surface area contributed by atoms with Gasteiger partial charge in [-0.2, -0.15) is 0 Å². The summed E-state index contributed by atoms with van der Waals surface area (Å²) in [6, 6.07) is 70.6. The van der Waals surface area contributed by atoms with E-state index in [1.165, 1.54) is 43.4 Å². The second-order valence-electron chi connectivity index (χ2n) is 15.1. The summed E-state index contributed by atoms with van der Waals surface area (Å²) in [4.78, 5) is 15.7. The predicted molar refractivity (Wildman–Crippen MR) is 244 cm³/mol. The van der Waals surface area contributed by atoms with Crippen LogP contribution in [0.5, 0.6) is 0 Å². The van der Waals surface area contributed by atoms with Gasteiger partial charge in [-0.15, -0.1) is 0 Å². The van der Waals surface area contributed by atoms with Crippen molar-refractivity contribution in [2.45, 2.75) is 0 Å². The van der Waals surface area contributed by atoms with Crippen molar-refractivity contribution in [3.63, 3.8) is 0 Å². The van der Waals surface area contributed by atoms with E-state index < -0.39 is 0 Å². The number of aromatic nitrogens is 3. The second-order valence-corrected chi connectivity index (χ2v) is 15.1. The largest absolute Gasteiger partial charge is 0.455 e. The lowest BCUT2D eigenvalue weighted by atomic mass is 9.93. The van der Waals surface area contributed by atoms with Crippen molar-refractivity contribution in [1.82, 2.24) is 15.0 Å². The summed E-state index contributed by atoms with van der Waals surface area (Å²) in [5, 5.41) is 11.7. The Morgan fingerprint density at radius 3 is 1.61 bits per heavy atom. The van der Waals surface area contributed by atoms with Crippen LogP contribution in [0.15, 0.2) is 205 Å². The molecule has 2 heterocycles. The molecule has 0 aliphatic carbocycles. The number of hydrogen-bond donors (Lipinski definition) is 0. The predicted octanol–water partition coefficient (Wildman–Crippen LogP) is 14.7. The first-order valence-electron chi connectivity index (χ1n) is 19.9. The van der Waals surface area contributed by atoms with Crippen LogP contribution in [0.1, 0.15) is 0 Å². The van der Waals surface area contributed by atoms with Crippen LogP contribution in [0.25, 0.3) is 121 Å². The lowest BCUT2D eigenvalue weighted by Crippen LogP contribution is -2.01. The number of rotatable bonds is 5. The minimum Gasteiger partial charge on any atom is -0.455 e. The van der Waals surface area contributed by atoms with Crippen molar-refractivity contribution >= 4 is 65.0 Å². The minimum atomic E-state index is 0.557. The SMILES string of the molecule is c1ccc2cc(-c3ccc(-c4nc(-c5ccc(-c6cc7ccccc7c7ccccc67)cc5)nc(-c5cccc6c5oc5ccccc56)n4)c4ccccc34)ccc2c1. The van der Waals surface area contributed by atoms with E-state index in [-0.39, 0.29) is 0 Å². The summed E-state index contributed by atoms with van der Waals surface area (Å²) in [6.07, 6.45) is 0. The van der Waals surface area contributed by atoms with E-state index in [4.69, 9.17) is 19.4 Å². The summed E-state index contributed by atoms with van der Waals surface area (Å²) < 4.78 is 6.52. The molecular weight excluding hydrogens is 719 g/mol. The summed E-state index contributed by atoms with van der Waals surface area (Å²) in [7, 11) is 0. The minimum absolute atomic E-state index is 0.557. The molecule has 59 heavy (non-hydrogen) atoms. The maximum absolute atomic E-state index is 6.52. The van der Waals surface area contributed by atoms with Crippen molar-refractivity contribution in [2.75, 3.05) is 0 Å². The van der Waals surface area contributed by atoms with Gasteiger partial charge in [0.05, 0.1) is 5.56 Å². The Balaban J connectivity index is 1.04. The molecule has 2 aromatic heterocycles. The van der Waals surface area contributed by atoms with Gasteiger partial charge in [0, 0.05) is 21.9 Å². The molecule has 0 bridgehead atoms. The lowest BCUT2D eigenvalue weighted by Gasteiger charge is -2.14. The first-order valence-corrected chi connectivity index (χ1v) is 19.9. The molecule has 0 radical (unpaired) electrons. The fourth-order valence-electron chi connectivity index (χ4n) is 8.86. The van der Waals surface area contributed by atoms with Crippen LogP contribution in [0.3, 0.4) is 0 Å². The molecular formula is C55H33N3O. The number of hydrogen-bond acceptors (Lipinski definition) is 4. The van der Waals surface area contributed by atoms with E-state index in [0.717, 1.165) is 60.5 Å². The first-order chi connectivity index (χ1) is 29.2. The highest BCUT2D eigenvalue weighted by atomic mass is 16.3. The molecule has 12 rings (SSSR count). The molecule has 0 aliphatic rings. The van der Waals surface area contributed by atoms with Gasteiger partial charge in [0.1, 0.15) is 11.2 Å². The Morgan fingerprint density at radius 2 is 0.814 bits per heavy atom. The highest BCUT2D eigenvalue weighted by Crippen LogP contribution is 2.40. The summed E-state index contributed by atoms with van der Waals surface area (Å²) in [5.41, 5.74) is 8.89. The number of benzene rings is 10. The lowest BCUT2D eigenvalue weighted by molar-refractivity contribution is 0.669. The first kappa shape index (κ1) is 33.2. The van der Waals surface area contributed by atoms with Gasteiger partial charge >= 0.3 is 0 Å². The highest BCUT2D eigenvalue weighted by molar-refractivity contribution is 6.14. The van der Waals surface area contributed by atoms with E-state index in [1.807, 2.05) is 24.3 Å². The molecule has 0 fully saturated rings. The second kappa shape index (κ2) is 13.3. The monoisotopic (exact) mass is 751 g/mol. The van der Waals surface area contributed by atoms with Gasteiger partial charge in [-0.25, -0.2) is 15.0 Å². The highest BCUT2D eigenvalue weighted by Gasteiger charge is 2.20. The Morgan fingerprint density at radius 1 is 0.271 bits per heavy atom. The van der Waals surface area contributed by atoms with Gasteiger partial charge in [0.2, 0.25) is 0 Å². The van der Waals surface area contributed by atoms with E-state index >= 15 is 0 Å². The zero-order chi connectivity index (χ0) is 38.9. The molecule has 0 spiro atoms. The zero-order valence-electron chi connectivity index (χ0n) is 31.8. The smallest absolute Gasteiger partial charge is 0.167 e. The molecule has 0 unspecified atom stereocenters. The summed E-state index contributed by atoms with van der Waals surface area (Å²) in [5.74, 6) is 1.75. The molecule has 4 nitrogen and oxygen atoms in total. The van der Waals surface area contributed by atoms with Crippen LogP contribution in [0, 0.1) is 0 Å². The van der Waals surface area contributed by atoms with Crippen LogP contribution in [-0.4, -0.2) is 15.0 Å². The number of nitrogens with zero attached hydrogens (tertiary/aromatic N) is 3. The summed E-state index contributed by atoms with van der Waals surface area (Å²) >= 11 is 0. The standard InChI is InChI=1S/C55H33N3O/c1-2-13-37-32-39(29-24-34(37)12-1)41-30-31-48(44-18-7-5-17-43(41)44)54-56-53(57-55(58-54)49-22-11-21-47-46-20-9-10-23-51(46)59-52(47)49)36-27-25-35(26-28-36)50-33-38-14-3-4-15-40(38)42-16-6-8-19-45(42)50/h1-33H. The normalized spacial score (nSPS) is 11.7. The fraction of sp³-hybridized carbons (Fsp3) is 0. The van der Waals surface area contributed by atoms with E-state index in [1.54, 1.807) is 0 Å². The Labute approximate surface area is 339 Å². The van der Waals surface area contributed by atoms with E-state index in [9.17, 15) is 0 Å². The molecule has 0 atom stereocenters. The molecule has 274 valence electrons. The quantitative estimate of drug-likeness (QED) is 0.164. The van der Waals surface area contributed by atoms with Gasteiger partial charge in [0.15, 0.2) is 17.5 Å². The molecule has 0 amide bonds. The third kappa shape index (κ3) is 5.49. The Hall–Kier alpha value is -7.95. The number of para-hydroxylation sites is 2. The van der Waals surface area contributed by atoms with Gasteiger partial charge in [-0.3, -0.25) is 0 Å². The Kier molecular flexibility index (Phi) is 7.50. The maximum Gasteiger partial charge on any atom is 0.167 e. The molecule has 10 aromatic carbocycles. The van der Waals surface area contributed by atoms with E-state index in [0.29, 0.717) is 17.5 Å². The van der Waals surface area contributed by atoms with Gasteiger partial charge < -0.3 is 4.42 Å². The molecule has 0 N–H and O–H groups in total. The van der Waals surface area contributed by atoms with Crippen LogP contribution in [-0.2, 0) is 0 Å². The van der Waals surface area contributed by atoms with Gasteiger partial charge in [0.25, 0.3) is 0 Å². The van der Waals surface area contributed by atoms with Crippen molar-refractivity contribution in [3.05, 3.63) is 200 Å². The van der Waals surface area contributed by atoms with Crippen molar-refractivity contribution < 1.29 is 4.42 Å². The number of fused-ring (bicyclic) bond motifs is 8. The van der Waals surface area contributed by atoms with E-state index in [2.05, 4.69) is 176 Å².